The van der Waals surface area contributed by atoms with Crippen molar-refractivity contribution >= 4 is 22.2 Å². The molecule has 0 fully saturated rings. The van der Waals surface area contributed by atoms with Crippen molar-refractivity contribution in [2.75, 3.05) is 11.9 Å². The van der Waals surface area contributed by atoms with Crippen LogP contribution in [0.1, 0.15) is 18.2 Å². The molecule has 0 aliphatic carbocycles. The lowest BCUT2D eigenvalue weighted by molar-refractivity contribution is 0.969. The van der Waals surface area contributed by atoms with Crippen LogP contribution in [0.5, 0.6) is 0 Å². The molecule has 0 bridgehead atoms. The maximum Gasteiger partial charge on any atom is 0.187 e. The molecule has 3 N–H and O–H groups in total. The zero-order valence-corrected chi connectivity index (χ0v) is 10.8. The van der Waals surface area contributed by atoms with Crippen LogP contribution in [0.25, 0.3) is 0 Å². The minimum atomic E-state index is 0.694. The summed E-state index contributed by atoms with van der Waals surface area (Å²) in [5.74, 6) is 0. The molecule has 90 valence electrons. The predicted molar refractivity (Wildman–Crippen MR) is 74.0 cm³/mol. The smallest absolute Gasteiger partial charge is 0.187 e. The summed E-state index contributed by atoms with van der Waals surface area (Å²) in [4.78, 5) is 4.47. The Bertz CT molecular complexity index is 462. The lowest BCUT2D eigenvalue weighted by Gasteiger charge is -2.04. The van der Waals surface area contributed by atoms with Crippen molar-refractivity contribution in [2.45, 2.75) is 19.8 Å². The summed E-state index contributed by atoms with van der Waals surface area (Å²) in [7, 11) is 0. The Balaban J connectivity index is 2.03. The van der Waals surface area contributed by atoms with Gasteiger partial charge in [0, 0.05) is 11.1 Å². The molecule has 2 aromatic rings. The number of rotatable bonds is 5. The molecule has 3 nitrogen and oxygen atoms in total. The normalized spacial score (nSPS) is 10.5. The summed E-state index contributed by atoms with van der Waals surface area (Å²) in [6, 6.07) is 8.34. The fourth-order valence-corrected chi connectivity index (χ4v) is 2.39. The Kier molecular flexibility index (Phi) is 4.12. The predicted octanol–water partition coefficient (Wildman–Crippen LogP) is 2.95. The van der Waals surface area contributed by atoms with Gasteiger partial charge in [0.2, 0.25) is 0 Å². The summed E-state index contributed by atoms with van der Waals surface area (Å²) in [6.07, 6.45) is 1.91. The van der Waals surface area contributed by atoms with Crippen molar-refractivity contribution in [2.24, 2.45) is 5.73 Å². The molecule has 0 aliphatic heterocycles. The number of benzene rings is 1. The van der Waals surface area contributed by atoms with E-state index in [1.165, 1.54) is 5.56 Å². The van der Waals surface area contributed by atoms with Crippen molar-refractivity contribution in [1.82, 2.24) is 4.98 Å². The molecule has 4 heteroatoms. The second-order valence-electron chi connectivity index (χ2n) is 3.86. The van der Waals surface area contributed by atoms with Crippen LogP contribution in [-0.4, -0.2) is 11.5 Å². The molecule has 0 aliphatic rings. The van der Waals surface area contributed by atoms with Crippen molar-refractivity contribution in [1.29, 1.82) is 0 Å². The SMILES string of the molecule is CCc1csc(Nc2ccc(CCN)cc2)n1. The van der Waals surface area contributed by atoms with Gasteiger partial charge < -0.3 is 11.1 Å². The summed E-state index contributed by atoms with van der Waals surface area (Å²) in [5.41, 5.74) is 8.99. The van der Waals surface area contributed by atoms with Gasteiger partial charge in [-0.05, 0) is 37.1 Å². The van der Waals surface area contributed by atoms with Crippen molar-refractivity contribution in [3.05, 3.63) is 40.9 Å². The van der Waals surface area contributed by atoms with Crippen LogP contribution >= 0.6 is 11.3 Å². The first-order valence-electron chi connectivity index (χ1n) is 5.82. The molecular formula is C13H17N3S. The number of nitrogens with two attached hydrogens (primary N) is 1. The molecule has 0 unspecified atom stereocenters. The van der Waals surface area contributed by atoms with E-state index in [0.717, 1.165) is 29.4 Å². The largest absolute Gasteiger partial charge is 0.332 e. The third kappa shape index (κ3) is 3.28. The summed E-state index contributed by atoms with van der Waals surface area (Å²) >= 11 is 1.64. The first-order chi connectivity index (χ1) is 8.31. The molecule has 0 radical (unpaired) electrons. The average Bonchev–Trinajstić information content (AvgIpc) is 2.80. The van der Waals surface area contributed by atoms with Gasteiger partial charge in [-0.3, -0.25) is 0 Å². The van der Waals surface area contributed by atoms with Gasteiger partial charge in [-0.1, -0.05) is 19.1 Å². The summed E-state index contributed by atoms with van der Waals surface area (Å²) in [5, 5.41) is 6.34. The van der Waals surface area contributed by atoms with Gasteiger partial charge >= 0.3 is 0 Å². The minimum absolute atomic E-state index is 0.694. The molecule has 2 rings (SSSR count). The van der Waals surface area contributed by atoms with Crippen LogP contribution in [0.2, 0.25) is 0 Å². The second-order valence-corrected chi connectivity index (χ2v) is 4.72. The fraction of sp³-hybridized carbons (Fsp3) is 0.308. The third-order valence-corrected chi connectivity index (χ3v) is 3.36. The first-order valence-corrected chi connectivity index (χ1v) is 6.70. The van der Waals surface area contributed by atoms with Crippen molar-refractivity contribution < 1.29 is 0 Å². The lowest BCUT2D eigenvalue weighted by Crippen LogP contribution is -2.02. The Morgan fingerprint density at radius 3 is 2.65 bits per heavy atom. The zero-order valence-electron chi connectivity index (χ0n) is 9.94. The topological polar surface area (TPSA) is 50.9 Å². The van der Waals surface area contributed by atoms with Gasteiger partial charge in [-0.25, -0.2) is 4.98 Å². The number of thiazole rings is 1. The quantitative estimate of drug-likeness (QED) is 0.854. The monoisotopic (exact) mass is 247 g/mol. The van der Waals surface area contributed by atoms with Crippen LogP contribution in [0.3, 0.4) is 0 Å². The highest BCUT2D eigenvalue weighted by atomic mass is 32.1. The lowest BCUT2D eigenvalue weighted by atomic mass is 10.1. The van der Waals surface area contributed by atoms with Gasteiger partial charge in [0.25, 0.3) is 0 Å². The van der Waals surface area contributed by atoms with Crippen LogP contribution in [0, 0.1) is 0 Å². The fourth-order valence-electron chi connectivity index (χ4n) is 1.57. The van der Waals surface area contributed by atoms with E-state index >= 15 is 0 Å². The van der Waals surface area contributed by atoms with E-state index in [0.29, 0.717) is 6.54 Å². The second kappa shape index (κ2) is 5.80. The number of hydrogen-bond donors (Lipinski definition) is 2. The Labute approximate surface area is 106 Å². The van der Waals surface area contributed by atoms with Gasteiger partial charge in [-0.15, -0.1) is 11.3 Å². The third-order valence-electron chi connectivity index (χ3n) is 2.55. The number of nitrogens with one attached hydrogen (secondary N) is 1. The highest BCUT2D eigenvalue weighted by molar-refractivity contribution is 7.13. The van der Waals surface area contributed by atoms with Gasteiger partial charge in [-0.2, -0.15) is 0 Å². The van der Waals surface area contributed by atoms with Gasteiger partial charge in [0.1, 0.15) is 0 Å². The molecule has 0 spiro atoms. The zero-order chi connectivity index (χ0) is 12.1. The number of nitrogens with zero attached hydrogens (tertiary/aromatic N) is 1. The molecular weight excluding hydrogens is 230 g/mol. The highest BCUT2D eigenvalue weighted by Gasteiger charge is 2.00. The standard InChI is InChI=1S/C13H17N3S/c1-2-11-9-17-13(15-11)16-12-5-3-10(4-6-12)7-8-14/h3-6,9H,2,7-8,14H2,1H3,(H,15,16). The molecule has 0 amide bonds. The maximum absolute atomic E-state index is 5.52. The Morgan fingerprint density at radius 1 is 1.29 bits per heavy atom. The molecule has 0 saturated heterocycles. The molecule has 1 aromatic carbocycles. The first kappa shape index (κ1) is 12.1. The molecule has 1 heterocycles. The van der Waals surface area contributed by atoms with Crippen molar-refractivity contribution in [3.8, 4) is 0 Å². The van der Waals surface area contributed by atoms with E-state index in [9.17, 15) is 0 Å². The maximum atomic E-state index is 5.52. The molecule has 0 saturated carbocycles. The Hall–Kier alpha value is -1.39. The summed E-state index contributed by atoms with van der Waals surface area (Å²) in [6.45, 7) is 2.81. The van der Waals surface area contributed by atoms with E-state index in [4.69, 9.17) is 5.73 Å². The number of hydrogen-bond acceptors (Lipinski definition) is 4. The summed E-state index contributed by atoms with van der Waals surface area (Å²) < 4.78 is 0. The molecule has 17 heavy (non-hydrogen) atoms. The number of aromatic nitrogens is 1. The average molecular weight is 247 g/mol. The van der Waals surface area contributed by atoms with E-state index in [-0.39, 0.29) is 0 Å². The number of aryl methyl sites for hydroxylation is 1. The van der Waals surface area contributed by atoms with Crippen LogP contribution < -0.4 is 11.1 Å². The minimum Gasteiger partial charge on any atom is -0.332 e. The van der Waals surface area contributed by atoms with Gasteiger partial charge in [0.15, 0.2) is 5.13 Å². The number of anilines is 2. The highest BCUT2D eigenvalue weighted by Crippen LogP contribution is 2.21. The van der Waals surface area contributed by atoms with E-state index in [2.05, 4.69) is 46.9 Å². The van der Waals surface area contributed by atoms with E-state index in [1.807, 2.05) is 0 Å². The van der Waals surface area contributed by atoms with Crippen LogP contribution in [0.4, 0.5) is 10.8 Å². The van der Waals surface area contributed by atoms with E-state index in [1.54, 1.807) is 11.3 Å². The molecule has 0 atom stereocenters. The van der Waals surface area contributed by atoms with Gasteiger partial charge in [0.05, 0.1) is 5.69 Å². The van der Waals surface area contributed by atoms with Crippen LogP contribution in [0.15, 0.2) is 29.6 Å². The van der Waals surface area contributed by atoms with Crippen LogP contribution in [-0.2, 0) is 12.8 Å². The van der Waals surface area contributed by atoms with E-state index < -0.39 is 0 Å². The van der Waals surface area contributed by atoms with Crippen molar-refractivity contribution in [3.63, 3.8) is 0 Å². The Morgan fingerprint density at radius 2 is 2.06 bits per heavy atom. The molecule has 1 aromatic heterocycles.